The van der Waals surface area contributed by atoms with Gasteiger partial charge >= 0.3 is 12.1 Å². The van der Waals surface area contributed by atoms with Gasteiger partial charge in [-0.2, -0.15) is 13.2 Å². The van der Waals surface area contributed by atoms with Gasteiger partial charge in [0.2, 0.25) is 0 Å². The quantitative estimate of drug-likeness (QED) is 0.880. The zero-order valence-corrected chi connectivity index (χ0v) is 11.6. The molecule has 0 amide bonds. The minimum absolute atomic E-state index is 0.456. The van der Waals surface area contributed by atoms with Gasteiger partial charge in [0.25, 0.3) is 0 Å². The van der Waals surface area contributed by atoms with Crippen LogP contribution in [-0.2, 0) is 11.2 Å². The smallest absolute Gasteiger partial charge is 0.475 e. The third-order valence-corrected chi connectivity index (χ3v) is 3.43. The fourth-order valence-electron chi connectivity index (χ4n) is 2.47. The normalized spacial score (nSPS) is 22.1. The molecule has 6 heteroatoms. The number of rotatable bonds is 2. The Hall–Kier alpha value is -1.56. The molecule has 1 aromatic rings. The monoisotopic (exact) mass is 303 g/mol. The van der Waals surface area contributed by atoms with E-state index in [1.54, 1.807) is 0 Å². The number of aliphatic carboxylic acids is 1. The van der Waals surface area contributed by atoms with E-state index in [1.807, 2.05) is 0 Å². The molecular weight excluding hydrogens is 283 g/mol. The number of nitrogens with two attached hydrogens (primary N) is 1. The van der Waals surface area contributed by atoms with Crippen LogP contribution in [0.2, 0.25) is 0 Å². The first kappa shape index (κ1) is 17.5. The van der Waals surface area contributed by atoms with Crippen LogP contribution in [0.4, 0.5) is 13.2 Å². The topological polar surface area (TPSA) is 63.3 Å². The molecule has 0 saturated heterocycles. The molecule has 0 spiro atoms. The van der Waals surface area contributed by atoms with Gasteiger partial charge in [0, 0.05) is 6.04 Å². The lowest BCUT2D eigenvalue weighted by atomic mass is 9.82. The van der Waals surface area contributed by atoms with E-state index in [4.69, 9.17) is 15.6 Å². The molecule has 3 nitrogen and oxygen atoms in total. The molecule has 0 radical (unpaired) electrons. The lowest BCUT2D eigenvalue weighted by Crippen LogP contribution is -2.28. The highest BCUT2D eigenvalue weighted by atomic mass is 19.4. The summed E-state index contributed by atoms with van der Waals surface area (Å²) in [6.07, 6.45) is 1.26. The first-order valence-electron chi connectivity index (χ1n) is 6.88. The van der Waals surface area contributed by atoms with Crippen LogP contribution in [-0.4, -0.2) is 23.3 Å². The van der Waals surface area contributed by atoms with Crippen LogP contribution in [0.5, 0.6) is 0 Å². The molecule has 1 fully saturated rings. The van der Waals surface area contributed by atoms with Crippen LogP contribution in [0.25, 0.3) is 0 Å². The highest BCUT2D eigenvalue weighted by Crippen LogP contribution is 2.26. The summed E-state index contributed by atoms with van der Waals surface area (Å²) < 4.78 is 31.7. The summed E-state index contributed by atoms with van der Waals surface area (Å²) in [5.74, 6) is -1.94. The predicted molar refractivity (Wildman–Crippen MR) is 73.8 cm³/mol. The summed E-state index contributed by atoms with van der Waals surface area (Å²) in [7, 11) is 0. The molecule has 118 valence electrons. The third-order valence-electron chi connectivity index (χ3n) is 3.43. The first-order chi connectivity index (χ1) is 9.79. The average Bonchev–Trinajstić information content (AvgIpc) is 2.39. The Morgan fingerprint density at radius 2 is 1.81 bits per heavy atom. The van der Waals surface area contributed by atoms with Crippen molar-refractivity contribution in [1.29, 1.82) is 0 Å². The molecule has 1 aromatic carbocycles. The molecule has 2 atom stereocenters. The minimum Gasteiger partial charge on any atom is -0.475 e. The summed E-state index contributed by atoms with van der Waals surface area (Å²) in [5.41, 5.74) is 7.44. The number of hydrogen-bond acceptors (Lipinski definition) is 2. The van der Waals surface area contributed by atoms with Gasteiger partial charge in [-0.1, -0.05) is 43.2 Å². The van der Waals surface area contributed by atoms with Gasteiger partial charge in [0.1, 0.15) is 0 Å². The SMILES string of the molecule is N[C@H]1CCC[C@@H](Cc2ccccc2)C1.O=C(O)C(F)(F)F. The molecule has 0 heterocycles. The van der Waals surface area contributed by atoms with E-state index in [1.165, 1.54) is 37.7 Å². The van der Waals surface area contributed by atoms with Crippen molar-refractivity contribution in [3.05, 3.63) is 35.9 Å². The summed E-state index contributed by atoms with van der Waals surface area (Å²) in [4.78, 5) is 8.90. The van der Waals surface area contributed by atoms with Crippen LogP contribution >= 0.6 is 0 Å². The number of alkyl halides is 3. The fourth-order valence-corrected chi connectivity index (χ4v) is 2.47. The van der Waals surface area contributed by atoms with E-state index in [9.17, 15) is 13.2 Å². The molecule has 3 N–H and O–H groups in total. The molecule has 21 heavy (non-hydrogen) atoms. The molecule has 0 unspecified atom stereocenters. The van der Waals surface area contributed by atoms with Crippen molar-refractivity contribution in [3.63, 3.8) is 0 Å². The van der Waals surface area contributed by atoms with Gasteiger partial charge in [-0.25, -0.2) is 4.79 Å². The Bertz CT molecular complexity index is 434. The van der Waals surface area contributed by atoms with Gasteiger partial charge in [-0.15, -0.1) is 0 Å². The van der Waals surface area contributed by atoms with Crippen LogP contribution in [0.3, 0.4) is 0 Å². The third kappa shape index (κ3) is 7.13. The Morgan fingerprint density at radius 3 is 2.29 bits per heavy atom. The van der Waals surface area contributed by atoms with Crippen molar-refractivity contribution in [3.8, 4) is 0 Å². The lowest BCUT2D eigenvalue weighted by molar-refractivity contribution is -0.192. The highest BCUT2D eigenvalue weighted by Gasteiger charge is 2.38. The predicted octanol–water partition coefficient (Wildman–Crippen LogP) is 3.38. The standard InChI is InChI=1S/C13H19N.C2HF3O2/c14-13-8-4-7-12(10-13)9-11-5-2-1-3-6-11;3-2(4,5)1(6)7/h1-3,5-6,12-13H,4,7-10,14H2;(H,6,7)/t12-,13-;/m0./s1. The van der Waals surface area contributed by atoms with Crippen LogP contribution in [0.15, 0.2) is 30.3 Å². The van der Waals surface area contributed by atoms with E-state index in [0.717, 1.165) is 5.92 Å². The maximum atomic E-state index is 10.6. The van der Waals surface area contributed by atoms with Gasteiger partial charge in [-0.3, -0.25) is 0 Å². The van der Waals surface area contributed by atoms with Crippen molar-refractivity contribution < 1.29 is 23.1 Å². The summed E-state index contributed by atoms with van der Waals surface area (Å²) >= 11 is 0. The van der Waals surface area contributed by atoms with Gasteiger partial charge < -0.3 is 10.8 Å². The number of carboxylic acids is 1. The summed E-state index contributed by atoms with van der Waals surface area (Å²) in [5, 5.41) is 7.12. The van der Waals surface area contributed by atoms with Crippen LogP contribution in [0.1, 0.15) is 31.2 Å². The Kier molecular flexibility index (Phi) is 6.68. The summed E-state index contributed by atoms with van der Waals surface area (Å²) in [6.45, 7) is 0. The van der Waals surface area contributed by atoms with E-state index in [-0.39, 0.29) is 0 Å². The van der Waals surface area contributed by atoms with E-state index in [2.05, 4.69) is 30.3 Å². The summed E-state index contributed by atoms with van der Waals surface area (Å²) in [6, 6.07) is 11.2. The maximum Gasteiger partial charge on any atom is 0.490 e. The highest BCUT2D eigenvalue weighted by molar-refractivity contribution is 5.73. The van der Waals surface area contributed by atoms with Gasteiger partial charge in [0.15, 0.2) is 0 Å². The van der Waals surface area contributed by atoms with Crippen LogP contribution < -0.4 is 5.73 Å². The maximum absolute atomic E-state index is 10.6. The van der Waals surface area contributed by atoms with Crippen molar-refractivity contribution in [1.82, 2.24) is 0 Å². The van der Waals surface area contributed by atoms with E-state index >= 15 is 0 Å². The number of halogens is 3. The second kappa shape index (κ2) is 8.02. The number of carbonyl (C=O) groups is 1. The molecular formula is C15H20F3NO2. The van der Waals surface area contributed by atoms with Crippen molar-refractivity contribution in [2.24, 2.45) is 11.7 Å². The van der Waals surface area contributed by atoms with Gasteiger partial charge in [0.05, 0.1) is 0 Å². The van der Waals surface area contributed by atoms with Crippen LogP contribution in [0, 0.1) is 5.92 Å². The number of benzene rings is 1. The Labute approximate surface area is 122 Å². The average molecular weight is 303 g/mol. The largest absolute Gasteiger partial charge is 0.490 e. The van der Waals surface area contributed by atoms with Crippen molar-refractivity contribution in [2.45, 2.75) is 44.3 Å². The second-order valence-corrected chi connectivity index (χ2v) is 5.29. The zero-order valence-electron chi connectivity index (χ0n) is 11.6. The minimum atomic E-state index is -5.08. The second-order valence-electron chi connectivity index (χ2n) is 5.29. The van der Waals surface area contributed by atoms with E-state index < -0.39 is 12.1 Å². The Balaban J connectivity index is 0.000000270. The first-order valence-corrected chi connectivity index (χ1v) is 6.88. The molecule has 1 saturated carbocycles. The Morgan fingerprint density at radius 1 is 1.24 bits per heavy atom. The van der Waals surface area contributed by atoms with Gasteiger partial charge in [-0.05, 0) is 30.7 Å². The zero-order chi connectivity index (χ0) is 15.9. The molecule has 2 rings (SSSR count). The molecule has 0 aliphatic heterocycles. The molecule has 0 aromatic heterocycles. The molecule has 1 aliphatic carbocycles. The molecule has 1 aliphatic rings. The lowest BCUT2D eigenvalue weighted by Gasteiger charge is -2.26. The molecule has 0 bridgehead atoms. The fraction of sp³-hybridized carbons (Fsp3) is 0.533. The van der Waals surface area contributed by atoms with Crippen molar-refractivity contribution >= 4 is 5.97 Å². The van der Waals surface area contributed by atoms with E-state index in [0.29, 0.717) is 6.04 Å². The number of hydrogen-bond donors (Lipinski definition) is 2. The number of carboxylic acid groups (broad SMARTS) is 1. The van der Waals surface area contributed by atoms with Crippen molar-refractivity contribution in [2.75, 3.05) is 0 Å².